The average Bonchev–Trinajstić information content (AvgIpc) is 2.76. The van der Waals surface area contributed by atoms with Gasteiger partial charge in [0.1, 0.15) is 0 Å². The molecule has 1 atom stereocenters. The van der Waals surface area contributed by atoms with E-state index in [4.69, 9.17) is 0 Å². The fourth-order valence-corrected chi connectivity index (χ4v) is 2.58. The SMILES string of the molecule is Cc1nn(C)cc1NC(=O)[C@@H]1Cc2ccccc2CN1. The highest BCUT2D eigenvalue weighted by atomic mass is 16.2. The Labute approximate surface area is 118 Å². The van der Waals surface area contributed by atoms with E-state index in [1.807, 2.05) is 32.3 Å². The van der Waals surface area contributed by atoms with E-state index in [-0.39, 0.29) is 11.9 Å². The molecule has 2 aromatic rings. The largest absolute Gasteiger partial charge is 0.322 e. The topological polar surface area (TPSA) is 59.0 Å². The molecule has 1 amide bonds. The molecular weight excluding hydrogens is 252 g/mol. The Bertz CT molecular complexity index is 647. The smallest absolute Gasteiger partial charge is 0.241 e. The van der Waals surface area contributed by atoms with E-state index in [2.05, 4.69) is 27.9 Å². The van der Waals surface area contributed by atoms with Crippen LogP contribution >= 0.6 is 0 Å². The van der Waals surface area contributed by atoms with Gasteiger partial charge in [0, 0.05) is 19.8 Å². The van der Waals surface area contributed by atoms with Crippen LogP contribution in [0.4, 0.5) is 5.69 Å². The van der Waals surface area contributed by atoms with Gasteiger partial charge in [-0.1, -0.05) is 24.3 Å². The maximum absolute atomic E-state index is 12.3. The normalized spacial score (nSPS) is 17.6. The number of benzene rings is 1. The van der Waals surface area contributed by atoms with Gasteiger partial charge in [0.05, 0.1) is 17.4 Å². The number of amides is 1. The van der Waals surface area contributed by atoms with Crippen molar-refractivity contribution in [3.05, 3.63) is 47.3 Å². The van der Waals surface area contributed by atoms with Crippen LogP contribution in [-0.2, 0) is 24.8 Å². The van der Waals surface area contributed by atoms with Crippen LogP contribution in [0.2, 0.25) is 0 Å². The summed E-state index contributed by atoms with van der Waals surface area (Å²) in [4.78, 5) is 12.3. The van der Waals surface area contributed by atoms with Gasteiger partial charge in [0.15, 0.2) is 0 Å². The molecule has 0 radical (unpaired) electrons. The van der Waals surface area contributed by atoms with E-state index < -0.39 is 0 Å². The molecule has 1 aromatic heterocycles. The van der Waals surface area contributed by atoms with Crippen LogP contribution in [0, 0.1) is 6.92 Å². The van der Waals surface area contributed by atoms with Crippen LogP contribution in [0.5, 0.6) is 0 Å². The Morgan fingerprint density at radius 3 is 2.85 bits per heavy atom. The maximum atomic E-state index is 12.3. The molecule has 3 rings (SSSR count). The Kier molecular flexibility index (Phi) is 3.28. The summed E-state index contributed by atoms with van der Waals surface area (Å²) in [7, 11) is 1.85. The fraction of sp³-hybridized carbons (Fsp3) is 0.333. The number of aromatic nitrogens is 2. The lowest BCUT2D eigenvalue weighted by molar-refractivity contribution is -0.118. The van der Waals surface area contributed by atoms with Crippen molar-refractivity contribution in [2.24, 2.45) is 7.05 Å². The third-order valence-electron chi connectivity index (χ3n) is 3.67. The Balaban J connectivity index is 1.72. The molecule has 5 heteroatoms. The number of aryl methyl sites for hydroxylation is 2. The number of fused-ring (bicyclic) bond motifs is 1. The standard InChI is InChI=1S/C15H18N4O/c1-10-14(9-19(2)18-10)17-15(20)13-7-11-5-3-4-6-12(11)8-16-13/h3-6,9,13,16H,7-8H2,1-2H3,(H,17,20)/t13-/m0/s1. The summed E-state index contributed by atoms with van der Waals surface area (Å²) in [6, 6.07) is 8.04. The summed E-state index contributed by atoms with van der Waals surface area (Å²) in [6.45, 7) is 2.62. The van der Waals surface area contributed by atoms with Crippen molar-refractivity contribution in [1.82, 2.24) is 15.1 Å². The van der Waals surface area contributed by atoms with Gasteiger partial charge in [0.2, 0.25) is 5.91 Å². The van der Waals surface area contributed by atoms with Gasteiger partial charge in [-0.15, -0.1) is 0 Å². The summed E-state index contributed by atoms with van der Waals surface area (Å²) in [5.41, 5.74) is 4.12. The van der Waals surface area contributed by atoms with E-state index in [0.29, 0.717) is 0 Å². The number of nitrogens with zero attached hydrogens (tertiary/aromatic N) is 2. The van der Waals surface area contributed by atoms with Gasteiger partial charge in [-0.3, -0.25) is 9.48 Å². The second-order valence-electron chi connectivity index (χ2n) is 5.20. The highest BCUT2D eigenvalue weighted by molar-refractivity contribution is 5.95. The molecule has 0 bridgehead atoms. The molecule has 0 spiro atoms. The van der Waals surface area contributed by atoms with Crippen LogP contribution < -0.4 is 10.6 Å². The van der Waals surface area contributed by atoms with Gasteiger partial charge in [-0.05, 0) is 24.5 Å². The van der Waals surface area contributed by atoms with Crippen LogP contribution in [0.3, 0.4) is 0 Å². The number of hydrogen-bond acceptors (Lipinski definition) is 3. The molecular formula is C15H18N4O. The molecule has 1 aliphatic rings. The van der Waals surface area contributed by atoms with E-state index in [1.54, 1.807) is 4.68 Å². The molecule has 2 N–H and O–H groups in total. The predicted octanol–water partition coefficient (Wildman–Crippen LogP) is 1.38. The summed E-state index contributed by atoms with van der Waals surface area (Å²) < 4.78 is 1.70. The molecule has 0 unspecified atom stereocenters. The van der Waals surface area contributed by atoms with E-state index in [1.165, 1.54) is 11.1 Å². The van der Waals surface area contributed by atoms with Crippen molar-refractivity contribution >= 4 is 11.6 Å². The van der Waals surface area contributed by atoms with Crippen molar-refractivity contribution in [3.63, 3.8) is 0 Å². The zero-order valence-electron chi connectivity index (χ0n) is 11.7. The Morgan fingerprint density at radius 1 is 1.40 bits per heavy atom. The molecule has 0 aliphatic carbocycles. The quantitative estimate of drug-likeness (QED) is 0.867. The first-order valence-corrected chi connectivity index (χ1v) is 6.75. The van der Waals surface area contributed by atoms with Crippen LogP contribution in [-0.4, -0.2) is 21.7 Å². The lowest BCUT2D eigenvalue weighted by Gasteiger charge is -2.25. The van der Waals surface area contributed by atoms with E-state index >= 15 is 0 Å². The fourth-order valence-electron chi connectivity index (χ4n) is 2.58. The predicted molar refractivity (Wildman–Crippen MR) is 77.3 cm³/mol. The van der Waals surface area contributed by atoms with Crippen LogP contribution in [0.25, 0.3) is 0 Å². The zero-order valence-corrected chi connectivity index (χ0v) is 11.7. The van der Waals surface area contributed by atoms with Gasteiger partial charge >= 0.3 is 0 Å². The lowest BCUT2D eigenvalue weighted by atomic mass is 9.95. The van der Waals surface area contributed by atoms with Crippen molar-refractivity contribution in [1.29, 1.82) is 0 Å². The summed E-state index contributed by atoms with van der Waals surface area (Å²) in [5.74, 6) is -0.00407. The minimum atomic E-state index is -0.190. The number of anilines is 1. The van der Waals surface area contributed by atoms with Crippen molar-refractivity contribution in [2.75, 3.05) is 5.32 Å². The molecule has 104 valence electrons. The zero-order chi connectivity index (χ0) is 14.1. The first-order chi connectivity index (χ1) is 9.63. The molecule has 1 aromatic carbocycles. The van der Waals surface area contributed by atoms with Crippen LogP contribution in [0.1, 0.15) is 16.8 Å². The highest BCUT2D eigenvalue weighted by Gasteiger charge is 2.24. The number of rotatable bonds is 2. The number of nitrogens with one attached hydrogen (secondary N) is 2. The summed E-state index contributed by atoms with van der Waals surface area (Å²) in [6.07, 6.45) is 2.55. The van der Waals surface area contributed by atoms with Gasteiger partial charge in [-0.25, -0.2) is 0 Å². The minimum Gasteiger partial charge on any atom is -0.322 e. The monoisotopic (exact) mass is 270 g/mol. The lowest BCUT2D eigenvalue weighted by Crippen LogP contribution is -2.44. The number of carbonyl (C=O) groups is 1. The molecule has 0 saturated carbocycles. The molecule has 1 aliphatic heterocycles. The number of carbonyl (C=O) groups excluding carboxylic acids is 1. The average molecular weight is 270 g/mol. The molecule has 20 heavy (non-hydrogen) atoms. The third-order valence-corrected chi connectivity index (χ3v) is 3.67. The summed E-state index contributed by atoms with van der Waals surface area (Å²) in [5, 5.41) is 10.5. The van der Waals surface area contributed by atoms with Gasteiger partial charge in [-0.2, -0.15) is 5.10 Å². The van der Waals surface area contributed by atoms with Crippen molar-refractivity contribution < 1.29 is 4.79 Å². The number of hydrogen-bond donors (Lipinski definition) is 2. The minimum absolute atomic E-state index is 0.00407. The van der Waals surface area contributed by atoms with Gasteiger partial charge in [0.25, 0.3) is 0 Å². The van der Waals surface area contributed by atoms with Crippen molar-refractivity contribution in [2.45, 2.75) is 25.9 Å². The molecule has 5 nitrogen and oxygen atoms in total. The highest BCUT2D eigenvalue weighted by Crippen LogP contribution is 2.18. The van der Waals surface area contributed by atoms with Crippen LogP contribution in [0.15, 0.2) is 30.5 Å². The van der Waals surface area contributed by atoms with Gasteiger partial charge < -0.3 is 10.6 Å². The Hall–Kier alpha value is -2.14. The molecule has 0 saturated heterocycles. The molecule has 0 fully saturated rings. The Morgan fingerprint density at radius 2 is 2.15 bits per heavy atom. The third kappa shape index (κ3) is 2.44. The first-order valence-electron chi connectivity index (χ1n) is 6.75. The summed E-state index contributed by atoms with van der Waals surface area (Å²) >= 11 is 0. The molecule has 2 heterocycles. The second-order valence-corrected chi connectivity index (χ2v) is 5.20. The van der Waals surface area contributed by atoms with Crippen molar-refractivity contribution in [3.8, 4) is 0 Å². The first kappa shape index (κ1) is 12.9. The van der Waals surface area contributed by atoms with E-state index in [9.17, 15) is 4.79 Å². The van der Waals surface area contributed by atoms with E-state index in [0.717, 1.165) is 24.3 Å². The second kappa shape index (κ2) is 5.09. The maximum Gasteiger partial charge on any atom is 0.241 e.